The van der Waals surface area contributed by atoms with Crippen LogP contribution in [0.3, 0.4) is 0 Å². The van der Waals surface area contributed by atoms with Gasteiger partial charge in [0.15, 0.2) is 0 Å². The fraction of sp³-hybridized carbons (Fsp3) is 0.316. The number of aryl methyl sites for hydroxylation is 1. The Labute approximate surface area is 154 Å². The molecule has 2 aromatic carbocycles. The first-order chi connectivity index (χ1) is 12.2. The summed E-state index contributed by atoms with van der Waals surface area (Å²) in [5, 5.41) is 2.79. The Hall–Kier alpha value is -2.54. The van der Waals surface area contributed by atoms with E-state index in [0.29, 0.717) is 23.7 Å². The number of sulfonamides is 1. The molecule has 0 aliphatic rings. The summed E-state index contributed by atoms with van der Waals surface area (Å²) in [6.07, 6.45) is 1.08. The van der Waals surface area contributed by atoms with Gasteiger partial charge in [-0.2, -0.15) is 0 Å². The fourth-order valence-corrected chi connectivity index (χ4v) is 3.34. The number of carbonyl (C=O) groups is 1. The van der Waals surface area contributed by atoms with Crippen molar-refractivity contribution in [3.8, 4) is 5.75 Å². The normalized spacial score (nSPS) is 11.1. The van der Waals surface area contributed by atoms with Crippen molar-refractivity contribution < 1.29 is 17.9 Å². The van der Waals surface area contributed by atoms with Gasteiger partial charge in [-0.3, -0.25) is 9.10 Å². The van der Waals surface area contributed by atoms with Gasteiger partial charge in [0.2, 0.25) is 15.9 Å². The topological polar surface area (TPSA) is 75.7 Å². The first-order valence-corrected chi connectivity index (χ1v) is 10.1. The highest BCUT2D eigenvalue weighted by atomic mass is 32.2. The van der Waals surface area contributed by atoms with Crippen LogP contribution in [0.2, 0.25) is 0 Å². The minimum Gasteiger partial charge on any atom is -0.494 e. The van der Waals surface area contributed by atoms with E-state index in [2.05, 4.69) is 5.32 Å². The molecule has 0 heterocycles. The van der Waals surface area contributed by atoms with Crippen molar-refractivity contribution in [2.24, 2.45) is 0 Å². The lowest BCUT2D eigenvalue weighted by molar-refractivity contribution is -0.114. The van der Waals surface area contributed by atoms with Crippen LogP contribution in [-0.2, 0) is 14.8 Å². The third kappa shape index (κ3) is 4.98. The van der Waals surface area contributed by atoms with Crippen molar-refractivity contribution in [3.63, 3.8) is 0 Å². The molecule has 0 aliphatic heterocycles. The van der Waals surface area contributed by atoms with E-state index in [0.717, 1.165) is 21.7 Å². The van der Waals surface area contributed by atoms with Crippen molar-refractivity contribution in [1.82, 2.24) is 0 Å². The number of anilines is 2. The molecule has 0 bridgehead atoms. The van der Waals surface area contributed by atoms with E-state index >= 15 is 0 Å². The lowest BCUT2D eigenvalue weighted by Crippen LogP contribution is -2.37. The molecule has 0 saturated carbocycles. The molecule has 2 rings (SSSR count). The van der Waals surface area contributed by atoms with Crippen LogP contribution in [-0.4, -0.2) is 33.7 Å². The SMILES string of the molecule is CCOc1ccc(N(CC(=O)Nc2cccc(C)c2C)S(C)(=O)=O)cc1. The van der Waals surface area contributed by atoms with Crippen LogP contribution in [0.15, 0.2) is 42.5 Å². The number of benzene rings is 2. The number of hydrogen-bond donors (Lipinski definition) is 1. The van der Waals surface area contributed by atoms with Gasteiger partial charge in [-0.1, -0.05) is 12.1 Å². The van der Waals surface area contributed by atoms with Crippen molar-refractivity contribution in [3.05, 3.63) is 53.6 Å². The van der Waals surface area contributed by atoms with Gasteiger partial charge in [-0.25, -0.2) is 8.42 Å². The largest absolute Gasteiger partial charge is 0.494 e. The summed E-state index contributed by atoms with van der Waals surface area (Å²) in [4.78, 5) is 12.4. The Morgan fingerprint density at radius 3 is 2.35 bits per heavy atom. The molecule has 2 aromatic rings. The van der Waals surface area contributed by atoms with E-state index in [9.17, 15) is 13.2 Å². The van der Waals surface area contributed by atoms with Gasteiger partial charge in [0.05, 0.1) is 18.6 Å². The molecule has 1 amide bonds. The number of rotatable bonds is 7. The third-order valence-electron chi connectivity index (χ3n) is 4.00. The zero-order valence-electron chi connectivity index (χ0n) is 15.4. The van der Waals surface area contributed by atoms with Gasteiger partial charge in [-0.15, -0.1) is 0 Å². The maximum Gasteiger partial charge on any atom is 0.245 e. The van der Waals surface area contributed by atoms with Gasteiger partial charge in [0.25, 0.3) is 0 Å². The van der Waals surface area contributed by atoms with Crippen LogP contribution in [0, 0.1) is 13.8 Å². The van der Waals surface area contributed by atoms with Crippen LogP contribution in [0.1, 0.15) is 18.1 Å². The Morgan fingerprint density at radius 2 is 1.77 bits per heavy atom. The zero-order valence-corrected chi connectivity index (χ0v) is 16.3. The predicted octanol–water partition coefficient (Wildman–Crippen LogP) is 3.11. The zero-order chi connectivity index (χ0) is 19.3. The minimum absolute atomic E-state index is 0.305. The highest BCUT2D eigenvalue weighted by molar-refractivity contribution is 7.92. The van der Waals surface area contributed by atoms with Crippen molar-refractivity contribution in [2.45, 2.75) is 20.8 Å². The van der Waals surface area contributed by atoms with Crippen LogP contribution >= 0.6 is 0 Å². The minimum atomic E-state index is -3.62. The average molecular weight is 376 g/mol. The van der Waals surface area contributed by atoms with E-state index in [1.807, 2.05) is 32.9 Å². The number of hydrogen-bond acceptors (Lipinski definition) is 4. The summed E-state index contributed by atoms with van der Waals surface area (Å²) in [7, 11) is -3.62. The number of amides is 1. The summed E-state index contributed by atoms with van der Waals surface area (Å²) in [5.74, 6) is 0.238. The van der Waals surface area contributed by atoms with Crippen molar-refractivity contribution in [1.29, 1.82) is 0 Å². The number of ether oxygens (including phenoxy) is 1. The predicted molar refractivity (Wildman–Crippen MR) is 104 cm³/mol. The lowest BCUT2D eigenvalue weighted by Gasteiger charge is -2.22. The Kier molecular flexibility index (Phi) is 6.26. The molecule has 0 radical (unpaired) electrons. The van der Waals surface area contributed by atoms with Gasteiger partial charge in [0, 0.05) is 5.69 Å². The second-order valence-corrected chi connectivity index (χ2v) is 7.90. The molecular formula is C19H24N2O4S. The standard InChI is InChI=1S/C19H24N2O4S/c1-5-25-17-11-9-16(10-12-17)21(26(4,23)24)13-19(22)20-18-8-6-7-14(2)15(18)3/h6-12H,5,13H2,1-4H3,(H,20,22). The average Bonchev–Trinajstić information content (AvgIpc) is 2.57. The summed E-state index contributed by atoms with van der Waals surface area (Å²) in [6, 6.07) is 12.2. The van der Waals surface area contributed by atoms with E-state index in [-0.39, 0.29) is 6.54 Å². The number of nitrogens with zero attached hydrogens (tertiary/aromatic N) is 1. The fourth-order valence-electron chi connectivity index (χ4n) is 2.48. The third-order valence-corrected chi connectivity index (χ3v) is 5.14. The van der Waals surface area contributed by atoms with Gasteiger partial charge >= 0.3 is 0 Å². The molecule has 0 fully saturated rings. The lowest BCUT2D eigenvalue weighted by atomic mass is 10.1. The summed E-state index contributed by atoms with van der Waals surface area (Å²) in [6.45, 7) is 5.95. The van der Waals surface area contributed by atoms with Crippen molar-refractivity contribution >= 4 is 27.3 Å². The van der Waals surface area contributed by atoms with Gasteiger partial charge < -0.3 is 10.1 Å². The monoisotopic (exact) mass is 376 g/mol. The van der Waals surface area contributed by atoms with E-state index < -0.39 is 15.9 Å². The molecule has 140 valence electrons. The molecule has 1 N–H and O–H groups in total. The van der Waals surface area contributed by atoms with E-state index in [1.54, 1.807) is 30.3 Å². The molecule has 0 aliphatic carbocycles. The molecule has 0 atom stereocenters. The number of nitrogens with one attached hydrogen (secondary N) is 1. The molecule has 7 heteroatoms. The summed E-state index contributed by atoms with van der Waals surface area (Å²) >= 11 is 0. The van der Waals surface area contributed by atoms with Crippen molar-refractivity contribution in [2.75, 3.05) is 29.0 Å². The summed E-state index contributed by atoms with van der Waals surface area (Å²) < 4.78 is 30.8. The molecule has 6 nitrogen and oxygen atoms in total. The Balaban J connectivity index is 2.20. The quantitative estimate of drug-likeness (QED) is 0.806. The molecule has 0 spiro atoms. The van der Waals surface area contributed by atoms with E-state index in [4.69, 9.17) is 4.74 Å². The van der Waals surface area contributed by atoms with E-state index in [1.165, 1.54) is 0 Å². The summed E-state index contributed by atoms with van der Waals surface area (Å²) in [5.41, 5.74) is 3.09. The van der Waals surface area contributed by atoms with Crippen LogP contribution in [0.5, 0.6) is 5.75 Å². The maximum atomic E-state index is 12.4. The first-order valence-electron chi connectivity index (χ1n) is 8.29. The molecule has 0 aromatic heterocycles. The smallest absolute Gasteiger partial charge is 0.245 e. The molecule has 0 unspecified atom stereocenters. The molecule has 0 saturated heterocycles. The van der Waals surface area contributed by atoms with Crippen LogP contribution in [0.25, 0.3) is 0 Å². The van der Waals surface area contributed by atoms with Gasteiger partial charge in [0.1, 0.15) is 12.3 Å². The van der Waals surface area contributed by atoms with Gasteiger partial charge in [-0.05, 0) is 62.2 Å². The van der Waals surface area contributed by atoms with Crippen LogP contribution < -0.4 is 14.4 Å². The maximum absolute atomic E-state index is 12.4. The Morgan fingerprint density at radius 1 is 1.12 bits per heavy atom. The highest BCUT2D eigenvalue weighted by Gasteiger charge is 2.21. The molecule has 26 heavy (non-hydrogen) atoms. The first kappa shape index (κ1) is 19.8. The highest BCUT2D eigenvalue weighted by Crippen LogP contribution is 2.22. The second-order valence-electron chi connectivity index (χ2n) is 5.99. The number of carbonyl (C=O) groups excluding carboxylic acids is 1. The second kappa shape index (κ2) is 8.23. The Bertz CT molecular complexity index is 877. The molecular weight excluding hydrogens is 352 g/mol. The van der Waals surface area contributed by atoms with Crippen LogP contribution in [0.4, 0.5) is 11.4 Å².